The van der Waals surface area contributed by atoms with E-state index in [4.69, 9.17) is 0 Å². The minimum absolute atomic E-state index is 0.151. The first-order valence-corrected chi connectivity index (χ1v) is 15.1. The largest absolute Gasteiger partial charge is 0.478 e. The average molecular weight is 632 g/mol. The molecule has 0 atom stereocenters. The van der Waals surface area contributed by atoms with E-state index in [1.165, 1.54) is 18.2 Å². The highest BCUT2D eigenvalue weighted by atomic mass is 19.4. The zero-order valence-corrected chi connectivity index (χ0v) is 25.0. The van der Waals surface area contributed by atoms with E-state index in [2.05, 4.69) is 10.3 Å². The molecule has 1 aliphatic rings. The number of amides is 1. The molecule has 2 N–H and O–H groups in total. The lowest BCUT2D eigenvalue weighted by atomic mass is 9.97. The van der Waals surface area contributed by atoms with Gasteiger partial charge in [0.05, 0.1) is 27.7 Å². The number of hydrogen-bond acceptors (Lipinski definition) is 3. The molecule has 1 saturated carbocycles. The van der Waals surface area contributed by atoms with Gasteiger partial charge in [-0.15, -0.1) is 0 Å². The number of carbonyl (C=O) groups excluding carboxylic acids is 1. The second-order valence-electron chi connectivity index (χ2n) is 11.8. The van der Waals surface area contributed by atoms with Crippen molar-refractivity contribution >= 4 is 22.8 Å². The molecule has 4 aromatic carbocycles. The fraction of sp³-hybridized carbons (Fsp3) is 0.132. The first-order chi connectivity index (χ1) is 22.6. The van der Waals surface area contributed by atoms with Crippen LogP contribution in [0.2, 0.25) is 0 Å². The Kier molecular flexibility index (Phi) is 7.39. The first kappa shape index (κ1) is 30.0. The van der Waals surface area contributed by atoms with Crippen molar-refractivity contribution in [1.29, 1.82) is 0 Å². The Morgan fingerprint density at radius 2 is 1.51 bits per heavy atom. The van der Waals surface area contributed by atoms with Gasteiger partial charge in [0.15, 0.2) is 0 Å². The van der Waals surface area contributed by atoms with Gasteiger partial charge in [-0.1, -0.05) is 48.5 Å². The lowest BCUT2D eigenvalue weighted by molar-refractivity contribution is -0.137. The van der Waals surface area contributed by atoms with Crippen LogP contribution in [0.25, 0.3) is 33.2 Å². The summed E-state index contributed by atoms with van der Waals surface area (Å²) in [5, 5.41) is 13.2. The summed E-state index contributed by atoms with van der Waals surface area (Å²) in [5.74, 6) is -1.40. The molecule has 2 aromatic heterocycles. The summed E-state index contributed by atoms with van der Waals surface area (Å²) in [6, 6.07) is 28.9. The van der Waals surface area contributed by atoms with E-state index in [0.717, 1.165) is 34.4 Å². The zero-order valence-electron chi connectivity index (χ0n) is 25.0. The molecule has 1 amide bonds. The first-order valence-electron chi connectivity index (χ1n) is 15.1. The Morgan fingerprint density at radius 1 is 0.809 bits per heavy atom. The Morgan fingerprint density at radius 3 is 2.17 bits per heavy atom. The van der Waals surface area contributed by atoms with Crippen LogP contribution in [-0.2, 0) is 18.3 Å². The van der Waals surface area contributed by atoms with Crippen LogP contribution in [0.15, 0.2) is 122 Å². The number of halogens is 3. The number of carbonyl (C=O) groups is 2. The monoisotopic (exact) mass is 631 g/mol. The number of alkyl halides is 3. The number of benzene rings is 4. The molecule has 0 saturated heterocycles. The molecule has 6 aromatic rings. The second-order valence-corrected chi connectivity index (χ2v) is 11.8. The molecule has 0 spiro atoms. The van der Waals surface area contributed by atoms with Crippen LogP contribution in [0.4, 0.5) is 13.2 Å². The van der Waals surface area contributed by atoms with Crippen molar-refractivity contribution in [1.82, 2.24) is 14.9 Å². The Balaban J connectivity index is 1.27. The minimum atomic E-state index is -4.51. The molecule has 0 radical (unpaired) electrons. The molecule has 2 heterocycles. The lowest BCUT2D eigenvalue weighted by Crippen LogP contribution is -2.35. The molecular weight excluding hydrogens is 603 g/mol. The number of fused-ring (bicyclic) bond motifs is 1. The maximum atomic E-state index is 14.2. The number of aromatic nitrogens is 2. The Labute approximate surface area is 268 Å². The van der Waals surface area contributed by atoms with Crippen molar-refractivity contribution in [2.24, 2.45) is 0 Å². The van der Waals surface area contributed by atoms with Gasteiger partial charge in [0.2, 0.25) is 0 Å². The summed E-state index contributed by atoms with van der Waals surface area (Å²) < 4.78 is 42.8. The predicted octanol–water partition coefficient (Wildman–Crippen LogP) is 8.55. The van der Waals surface area contributed by atoms with Gasteiger partial charge in [-0.3, -0.25) is 9.78 Å². The number of rotatable bonds is 8. The van der Waals surface area contributed by atoms with Gasteiger partial charge in [-0.2, -0.15) is 13.2 Å². The standard InChI is InChI=1S/C38H28F3N3O3/c39-38(40,41)32-3-1-2-28(21-32)30-20-29-14-19-44(23-24-4-6-25(7-5-24)26-12-17-42-18-13-26)34(29)33(22-30)35(45)43-37(15-16-37)31-10-8-27(9-11-31)36(46)47/h1-14,17-22H,15-16,23H2,(H,43,45)(H,46,47). The van der Waals surface area contributed by atoms with Crippen molar-refractivity contribution in [3.05, 3.63) is 150 Å². The smallest absolute Gasteiger partial charge is 0.416 e. The second kappa shape index (κ2) is 11.6. The van der Waals surface area contributed by atoms with Crippen LogP contribution < -0.4 is 5.32 Å². The summed E-state index contributed by atoms with van der Waals surface area (Å²) in [6.45, 7) is 0.463. The van der Waals surface area contributed by atoms with Gasteiger partial charge in [0, 0.05) is 30.5 Å². The normalized spacial score (nSPS) is 13.8. The number of aromatic carboxylic acids is 1. The van der Waals surface area contributed by atoms with Crippen LogP contribution in [0.3, 0.4) is 0 Å². The number of pyridine rings is 1. The van der Waals surface area contributed by atoms with E-state index in [-0.39, 0.29) is 11.5 Å². The third-order valence-electron chi connectivity index (χ3n) is 8.74. The summed E-state index contributed by atoms with van der Waals surface area (Å²) >= 11 is 0. The zero-order chi connectivity index (χ0) is 32.8. The van der Waals surface area contributed by atoms with Gasteiger partial charge < -0.3 is 15.0 Å². The number of carboxylic acid groups (broad SMARTS) is 1. The molecule has 1 aliphatic carbocycles. The number of nitrogens with one attached hydrogen (secondary N) is 1. The van der Waals surface area contributed by atoms with Crippen molar-refractivity contribution in [2.75, 3.05) is 0 Å². The molecule has 0 bridgehead atoms. The molecular formula is C38H28F3N3O3. The van der Waals surface area contributed by atoms with Crippen LogP contribution >= 0.6 is 0 Å². The summed E-state index contributed by atoms with van der Waals surface area (Å²) in [6.07, 6.45) is 2.20. The van der Waals surface area contributed by atoms with Crippen LogP contribution in [-0.4, -0.2) is 26.5 Å². The lowest BCUT2D eigenvalue weighted by Gasteiger charge is -2.20. The Hall–Kier alpha value is -5.70. The summed E-state index contributed by atoms with van der Waals surface area (Å²) in [5.41, 5.74) is 4.45. The van der Waals surface area contributed by atoms with Crippen LogP contribution in [0.1, 0.15) is 50.2 Å². The van der Waals surface area contributed by atoms with Crippen molar-refractivity contribution in [3.8, 4) is 22.3 Å². The fourth-order valence-corrected chi connectivity index (χ4v) is 6.07. The molecule has 1 fully saturated rings. The number of hydrogen-bond donors (Lipinski definition) is 2. The highest BCUT2D eigenvalue weighted by Crippen LogP contribution is 2.46. The van der Waals surface area contributed by atoms with Gasteiger partial charge in [0.25, 0.3) is 5.91 Å². The van der Waals surface area contributed by atoms with Crippen LogP contribution in [0.5, 0.6) is 0 Å². The number of carboxylic acids is 1. The minimum Gasteiger partial charge on any atom is -0.478 e. The van der Waals surface area contributed by atoms with Crippen molar-refractivity contribution < 1.29 is 27.9 Å². The summed E-state index contributed by atoms with van der Waals surface area (Å²) in [7, 11) is 0. The number of nitrogens with zero attached hydrogens (tertiary/aromatic N) is 2. The summed E-state index contributed by atoms with van der Waals surface area (Å²) in [4.78, 5) is 29.6. The quantitative estimate of drug-likeness (QED) is 0.176. The molecule has 234 valence electrons. The molecule has 9 heteroatoms. The average Bonchev–Trinajstić information content (AvgIpc) is 3.76. The van der Waals surface area contributed by atoms with Crippen LogP contribution in [0, 0.1) is 0 Å². The molecule has 6 nitrogen and oxygen atoms in total. The van der Waals surface area contributed by atoms with Crippen molar-refractivity contribution in [3.63, 3.8) is 0 Å². The molecule has 47 heavy (non-hydrogen) atoms. The maximum Gasteiger partial charge on any atom is 0.416 e. The highest BCUT2D eigenvalue weighted by molar-refractivity contribution is 6.08. The van der Waals surface area contributed by atoms with E-state index >= 15 is 0 Å². The van der Waals surface area contributed by atoms with E-state index in [0.29, 0.717) is 47.0 Å². The third-order valence-corrected chi connectivity index (χ3v) is 8.74. The van der Waals surface area contributed by atoms with Crippen molar-refractivity contribution in [2.45, 2.75) is 31.1 Å². The highest BCUT2D eigenvalue weighted by Gasteiger charge is 2.46. The topological polar surface area (TPSA) is 84.2 Å². The predicted molar refractivity (Wildman–Crippen MR) is 173 cm³/mol. The van der Waals surface area contributed by atoms with Gasteiger partial charge in [0.1, 0.15) is 0 Å². The molecule has 0 aliphatic heterocycles. The van der Waals surface area contributed by atoms with E-state index in [1.54, 1.807) is 36.7 Å². The van der Waals surface area contributed by atoms with Gasteiger partial charge in [-0.05, 0) is 101 Å². The third kappa shape index (κ3) is 6.00. The van der Waals surface area contributed by atoms with E-state index < -0.39 is 23.2 Å². The molecule has 0 unspecified atom stereocenters. The molecule has 7 rings (SSSR count). The van der Waals surface area contributed by atoms with E-state index in [1.807, 2.05) is 59.3 Å². The van der Waals surface area contributed by atoms with E-state index in [9.17, 15) is 27.9 Å². The fourth-order valence-electron chi connectivity index (χ4n) is 6.07. The SMILES string of the molecule is O=C(O)c1ccc(C2(NC(=O)c3cc(-c4cccc(C(F)(F)F)c4)cc4ccn(Cc5ccc(-c6ccncc6)cc5)c34)CC2)cc1. The van der Waals surface area contributed by atoms with Gasteiger partial charge >= 0.3 is 12.1 Å². The van der Waals surface area contributed by atoms with Gasteiger partial charge in [-0.25, -0.2) is 4.79 Å². The Bertz CT molecular complexity index is 2120. The maximum absolute atomic E-state index is 14.2.